The molecule has 8 nitrogen and oxygen atoms in total. The Kier molecular flexibility index (Phi) is 4.04. The lowest BCUT2D eigenvalue weighted by Gasteiger charge is -2.40. The van der Waals surface area contributed by atoms with Crippen LogP contribution in [0.2, 0.25) is 0 Å². The summed E-state index contributed by atoms with van der Waals surface area (Å²) < 4.78 is 11.4. The van der Waals surface area contributed by atoms with E-state index in [9.17, 15) is 20.1 Å². The van der Waals surface area contributed by atoms with Gasteiger partial charge in [-0.25, -0.2) is 0 Å². The zero-order chi connectivity index (χ0) is 13.2. The van der Waals surface area contributed by atoms with Crippen molar-refractivity contribution >= 4 is 5.91 Å². The van der Waals surface area contributed by atoms with Gasteiger partial charge in [0.2, 0.25) is 5.91 Å². The maximum Gasteiger partial charge on any atom is 0.246 e. The predicted molar refractivity (Wildman–Crippen MR) is 49.0 cm³/mol. The number of carbonyl (C=O) groups excluding carboxylic acids is 1. The molecule has 94 valence electrons. The molecule has 2 unspecified atom stereocenters. The van der Waals surface area contributed by atoms with E-state index < -0.39 is 49.7 Å². The molecule has 1 amide bonds. The Morgan fingerprint density at radius 3 is 2.44 bits per heavy atom. The Bertz CT molecular complexity index is 277. The van der Waals surface area contributed by atoms with Crippen LogP contribution in [0, 0.1) is 0 Å². The maximum absolute atomic E-state index is 11.0. The van der Waals surface area contributed by atoms with Crippen LogP contribution in [-0.2, 0) is 9.53 Å². The van der Waals surface area contributed by atoms with Crippen LogP contribution in [0.1, 0.15) is 1.37 Å². The van der Waals surface area contributed by atoms with E-state index in [-0.39, 0.29) is 0 Å². The first-order valence-electron chi connectivity index (χ1n) is 5.17. The van der Waals surface area contributed by atoms with Crippen LogP contribution in [-0.4, -0.2) is 75.3 Å². The number of aliphatic hydroxyl groups is 5. The SMILES string of the molecule is [2H]C(O)C(=O)N[C@H]1C(O)O[C@H](CO)[C@@H](O)[C@@H]1O. The third-order valence-electron chi connectivity index (χ3n) is 2.33. The van der Waals surface area contributed by atoms with Gasteiger partial charge in [0, 0.05) is 0 Å². The largest absolute Gasteiger partial charge is 0.394 e. The number of hydrogen-bond acceptors (Lipinski definition) is 7. The fraction of sp³-hybridized carbons (Fsp3) is 0.875. The smallest absolute Gasteiger partial charge is 0.246 e. The van der Waals surface area contributed by atoms with Gasteiger partial charge in [-0.3, -0.25) is 4.79 Å². The Balaban J connectivity index is 2.69. The molecule has 6 N–H and O–H groups in total. The van der Waals surface area contributed by atoms with Crippen LogP contribution < -0.4 is 5.32 Å². The number of ether oxygens (including phenoxy) is 1. The van der Waals surface area contributed by atoms with E-state index >= 15 is 0 Å². The molecule has 1 saturated heterocycles. The van der Waals surface area contributed by atoms with E-state index in [2.05, 4.69) is 0 Å². The highest BCUT2D eigenvalue weighted by atomic mass is 16.6. The number of carbonyl (C=O) groups is 1. The second-order valence-electron chi connectivity index (χ2n) is 3.39. The summed E-state index contributed by atoms with van der Waals surface area (Å²) in [4.78, 5) is 11.0. The summed E-state index contributed by atoms with van der Waals surface area (Å²) >= 11 is 0. The topological polar surface area (TPSA) is 139 Å². The lowest BCUT2D eigenvalue weighted by molar-refractivity contribution is -0.254. The predicted octanol–water partition coefficient (Wildman–Crippen LogP) is -4.11. The minimum absolute atomic E-state index is 0.614. The van der Waals surface area contributed by atoms with Crippen LogP contribution in [0.3, 0.4) is 0 Å². The summed E-state index contributed by atoms with van der Waals surface area (Å²) in [5, 5.41) is 47.9. The molecule has 0 aromatic carbocycles. The van der Waals surface area contributed by atoms with Crippen molar-refractivity contribution in [2.75, 3.05) is 13.2 Å². The molecule has 1 fully saturated rings. The van der Waals surface area contributed by atoms with Crippen molar-refractivity contribution in [2.24, 2.45) is 0 Å². The van der Waals surface area contributed by atoms with E-state index in [1.54, 1.807) is 0 Å². The Hall–Kier alpha value is -0.770. The third kappa shape index (κ3) is 2.67. The highest BCUT2D eigenvalue weighted by molar-refractivity contribution is 5.77. The average molecular weight is 238 g/mol. The molecular weight excluding hydrogens is 222 g/mol. The van der Waals surface area contributed by atoms with E-state index in [1.807, 2.05) is 5.32 Å². The van der Waals surface area contributed by atoms with Crippen LogP contribution in [0.15, 0.2) is 0 Å². The molecule has 0 aromatic heterocycles. The van der Waals surface area contributed by atoms with Gasteiger partial charge in [0.1, 0.15) is 30.9 Å². The second-order valence-corrected chi connectivity index (χ2v) is 3.39. The summed E-state index contributed by atoms with van der Waals surface area (Å²) in [6.45, 7) is -2.68. The molecule has 1 aliphatic heterocycles. The second kappa shape index (κ2) is 5.53. The Morgan fingerprint density at radius 2 is 1.94 bits per heavy atom. The first kappa shape index (κ1) is 11.7. The average Bonchev–Trinajstić information content (AvgIpc) is 2.28. The normalized spacial score (nSPS) is 42.3. The van der Waals surface area contributed by atoms with Crippen molar-refractivity contribution in [2.45, 2.75) is 30.6 Å². The van der Waals surface area contributed by atoms with Crippen LogP contribution in [0.25, 0.3) is 0 Å². The molecule has 8 heteroatoms. The molecule has 0 aliphatic carbocycles. The Morgan fingerprint density at radius 1 is 1.31 bits per heavy atom. The summed E-state index contributed by atoms with van der Waals surface area (Å²) in [7, 11) is 0. The standard InChI is InChI=1S/C8H15NO7/c10-1-3-6(13)7(14)5(8(15)16-3)9-4(12)2-11/h3,5-8,10-11,13-15H,1-2H2,(H,9,12)/t3-,5-,6-,7-,8?/m1/s1/i2D/t2?,3-,5-,6-,7-,8?. The van der Waals surface area contributed by atoms with Crippen molar-refractivity contribution in [1.29, 1.82) is 0 Å². The Labute approximate surface area is 92.5 Å². The molecule has 1 aliphatic rings. The third-order valence-corrected chi connectivity index (χ3v) is 2.33. The molecule has 0 spiro atoms. The van der Waals surface area contributed by atoms with E-state index in [4.69, 9.17) is 16.3 Å². The molecule has 0 bridgehead atoms. The lowest BCUT2D eigenvalue weighted by atomic mass is 9.97. The maximum atomic E-state index is 11.0. The highest BCUT2D eigenvalue weighted by Gasteiger charge is 2.44. The molecule has 0 saturated carbocycles. The van der Waals surface area contributed by atoms with Gasteiger partial charge in [-0.1, -0.05) is 0 Å². The van der Waals surface area contributed by atoms with E-state index in [1.165, 1.54) is 0 Å². The highest BCUT2D eigenvalue weighted by Crippen LogP contribution is 2.19. The summed E-state index contributed by atoms with van der Waals surface area (Å²) in [6.07, 6.45) is -5.92. The molecule has 16 heavy (non-hydrogen) atoms. The first-order chi connectivity index (χ1) is 7.88. The van der Waals surface area contributed by atoms with Crippen LogP contribution >= 0.6 is 0 Å². The van der Waals surface area contributed by atoms with Crippen molar-refractivity contribution < 1.29 is 36.4 Å². The van der Waals surface area contributed by atoms with Gasteiger partial charge in [0.25, 0.3) is 0 Å². The fourth-order valence-corrected chi connectivity index (χ4v) is 1.45. The van der Waals surface area contributed by atoms with Crippen LogP contribution in [0.5, 0.6) is 0 Å². The van der Waals surface area contributed by atoms with Crippen molar-refractivity contribution in [1.82, 2.24) is 5.32 Å². The summed E-state index contributed by atoms with van der Waals surface area (Å²) in [5.74, 6) is -1.15. The molecular formula is C8H15NO7. The molecule has 1 heterocycles. The van der Waals surface area contributed by atoms with E-state index in [0.29, 0.717) is 0 Å². The van der Waals surface area contributed by atoms with Crippen molar-refractivity contribution in [3.8, 4) is 0 Å². The summed E-state index contributed by atoms with van der Waals surface area (Å²) in [5.41, 5.74) is 0. The minimum Gasteiger partial charge on any atom is -0.394 e. The minimum atomic E-state index is -2.07. The molecule has 6 atom stereocenters. The molecule has 0 aromatic rings. The van der Waals surface area contributed by atoms with Gasteiger partial charge in [-0.2, -0.15) is 0 Å². The van der Waals surface area contributed by atoms with Crippen molar-refractivity contribution in [3.63, 3.8) is 0 Å². The number of nitrogens with one attached hydrogen (secondary N) is 1. The van der Waals surface area contributed by atoms with E-state index in [0.717, 1.165) is 0 Å². The monoisotopic (exact) mass is 238 g/mol. The zero-order valence-corrected chi connectivity index (χ0v) is 8.22. The van der Waals surface area contributed by atoms with Crippen LogP contribution in [0.4, 0.5) is 0 Å². The molecule has 0 radical (unpaired) electrons. The van der Waals surface area contributed by atoms with Gasteiger partial charge in [-0.15, -0.1) is 0 Å². The quantitative estimate of drug-likeness (QED) is 0.293. The van der Waals surface area contributed by atoms with Gasteiger partial charge >= 0.3 is 0 Å². The summed E-state index contributed by atoms with van der Waals surface area (Å²) in [6, 6.07) is -1.39. The van der Waals surface area contributed by atoms with Crippen molar-refractivity contribution in [3.05, 3.63) is 0 Å². The number of rotatable bonds is 3. The van der Waals surface area contributed by atoms with Gasteiger partial charge in [0.15, 0.2) is 6.29 Å². The van der Waals surface area contributed by atoms with Gasteiger partial charge in [0.05, 0.1) is 7.98 Å². The number of aliphatic hydroxyl groups excluding tert-OH is 5. The fourth-order valence-electron chi connectivity index (χ4n) is 1.45. The van der Waals surface area contributed by atoms with Gasteiger partial charge in [-0.05, 0) is 0 Å². The van der Waals surface area contributed by atoms with Gasteiger partial charge < -0.3 is 35.6 Å². The zero-order valence-electron chi connectivity index (χ0n) is 9.22. The first-order valence-corrected chi connectivity index (χ1v) is 4.59. The number of hydrogen-bond donors (Lipinski definition) is 6. The molecule has 1 rings (SSSR count). The number of amides is 1. The lowest BCUT2D eigenvalue weighted by Crippen LogP contribution is -2.64.